The quantitative estimate of drug-likeness (QED) is 0.753. The third kappa shape index (κ3) is 3.41. The molecule has 3 heteroatoms. The fourth-order valence-corrected chi connectivity index (χ4v) is 2.77. The molecule has 0 aromatic heterocycles. The summed E-state index contributed by atoms with van der Waals surface area (Å²) in [5, 5.41) is 0. The Morgan fingerprint density at radius 3 is 2.63 bits per heavy atom. The maximum Gasteiger partial charge on any atom is 0.123 e. The molecule has 1 aliphatic rings. The number of rotatable bonds is 7. The predicted octanol–water partition coefficient (Wildman–Crippen LogP) is 3.29. The van der Waals surface area contributed by atoms with Gasteiger partial charge in [0.15, 0.2) is 0 Å². The van der Waals surface area contributed by atoms with Crippen molar-refractivity contribution in [2.45, 2.75) is 32.6 Å². The van der Waals surface area contributed by atoms with E-state index in [4.69, 9.17) is 9.47 Å². The highest BCUT2D eigenvalue weighted by Gasteiger charge is 2.26. The van der Waals surface area contributed by atoms with Gasteiger partial charge in [-0.1, -0.05) is 13.8 Å². The van der Waals surface area contributed by atoms with Crippen LogP contribution in [0.3, 0.4) is 0 Å². The molecule has 0 spiro atoms. The molecular formula is C16H25NO2. The van der Waals surface area contributed by atoms with Gasteiger partial charge >= 0.3 is 0 Å². The average Bonchev–Trinajstić information content (AvgIpc) is 2.82. The lowest BCUT2D eigenvalue weighted by molar-refractivity contribution is 0.233. The zero-order valence-corrected chi connectivity index (χ0v) is 12.3. The Hall–Kier alpha value is -1.22. The van der Waals surface area contributed by atoms with Gasteiger partial charge in [0, 0.05) is 18.0 Å². The molecule has 0 amide bonds. The molecule has 3 nitrogen and oxygen atoms in total. The van der Waals surface area contributed by atoms with Gasteiger partial charge in [-0.05, 0) is 44.1 Å². The van der Waals surface area contributed by atoms with Gasteiger partial charge in [0.25, 0.3) is 0 Å². The van der Waals surface area contributed by atoms with E-state index in [1.54, 1.807) is 7.11 Å². The topological polar surface area (TPSA) is 21.7 Å². The summed E-state index contributed by atoms with van der Waals surface area (Å²) in [7, 11) is 1.72. The van der Waals surface area contributed by atoms with E-state index in [1.807, 2.05) is 12.1 Å². The molecule has 0 bridgehead atoms. The highest BCUT2D eigenvalue weighted by Crippen LogP contribution is 2.36. The molecule has 19 heavy (non-hydrogen) atoms. The number of nitrogens with zero attached hydrogens (tertiary/aromatic N) is 1. The fraction of sp³-hybridized carbons (Fsp3) is 0.625. The molecule has 0 fully saturated rings. The van der Waals surface area contributed by atoms with Gasteiger partial charge in [0.2, 0.25) is 0 Å². The van der Waals surface area contributed by atoms with Crippen LogP contribution in [-0.4, -0.2) is 38.3 Å². The van der Waals surface area contributed by atoms with Gasteiger partial charge < -0.3 is 14.4 Å². The van der Waals surface area contributed by atoms with E-state index >= 15 is 0 Å². The molecule has 1 aromatic rings. The minimum Gasteiger partial charge on any atom is -0.497 e. The summed E-state index contributed by atoms with van der Waals surface area (Å²) in [6.07, 6.45) is 2.41. The van der Waals surface area contributed by atoms with Crippen LogP contribution >= 0.6 is 0 Å². The summed E-state index contributed by atoms with van der Waals surface area (Å²) in [5.41, 5.74) is 1.30. The zero-order valence-electron chi connectivity index (χ0n) is 12.3. The lowest BCUT2D eigenvalue weighted by Gasteiger charge is -2.24. The molecule has 0 radical (unpaired) electrons. The molecule has 1 unspecified atom stereocenters. The van der Waals surface area contributed by atoms with Crippen molar-refractivity contribution in [3.05, 3.63) is 23.8 Å². The molecule has 106 valence electrons. The first-order valence-electron chi connectivity index (χ1n) is 7.31. The third-order valence-electron chi connectivity index (χ3n) is 3.66. The van der Waals surface area contributed by atoms with Crippen molar-refractivity contribution in [3.63, 3.8) is 0 Å². The van der Waals surface area contributed by atoms with Gasteiger partial charge in [-0.2, -0.15) is 0 Å². The van der Waals surface area contributed by atoms with Gasteiger partial charge in [-0.25, -0.2) is 0 Å². The second kappa shape index (κ2) is 6.80. The van der Waals surface area contributed by atoms with E-state index in [0.29, 0.717) is 5.92 Å². The van der Waals surface area contributed by atoms with Crippen molar-refractivity contribution < 1.29 is 9.47 Å². The number of benzene rings is 1. The average molecular weight is 263 g/mol. The first kappa shape index (κ1) is 14.2. The van der Waals surface area contributed by atoms with Crippen LogP contribution in [-0.2, 0) is 0 Å². The van der Waals surface area contributed by atoms with Crippen LogP contribution in [0.25, 0.3) is 0 Å². The zero-order chi connectivity index (χ0) is 13.7. The van der Waals surface area contributed by atoms with Gasteiger partial charge in [-0.15, -0.1) is 0 Å². The molecule has 0 saturated heterocycles. The standard InChI is InChI=1S/C16H25NO2/c1-4-8-17(9-5-2)11-13-12-19-16-7-6-14(18-3)10-15(13)16/h6-7,10,13H,4-5,8-9,11-12H2,1-3H3. The van der Waals surface area contributed by atoms with Crippen LogP contribution in [0.15, 0.2) is 18.2 Å². The molecule has 0 N–H and O–H groups in total. The summed E-state index contributed by atoms with van der Waals surface area (Å²) in [6, 6.07) is 6.12. The van der Waals surface area contributed by atoms with E-state index in [0.717, 1.165) is 24.7 Å². The molecule has 1 atom stereocenters. The molecule has 1 aliphatic heterocycles. The summed E-state index contributed by atoms with van der Waals surface area (Å²) in [5.74, 6) is 2.42. The van der Waals surface area contributed by atoms with Gasteiger partial charge in [0.05, 0.1) is 13.7 Å². The smallest absolute Gasteiger partial charge is 0.123 e. The van der Waals surface area contributed by atoms with Crippen molar-refractivity contribution in [3.8, 4) is 11.5 Å². The lowest BCUT2D eigenvalue weighted by atomic mass is 10.00. The summed E-state index contributed by atoms with van der Waals surface area (Å²) in [6.45, 7) is 8.71. The van der Waals surface area contributed by atoms with Crippen LogP contribution in [0.5, 0.6) is 11.5 Å². The molecule has 0 saturated carbocycles. The maximum absolute atomic E-state index is 5.79. The Morgan fingerprint density at radius 1 is 1.26 bits per heavy atom. The Balaban J connectivity index is 2.07. The van der Waals surface area contributed by atoms with E-state index in [2.05, 4.69) is 24.8 Å². The Labute approximate surface area is 116 Å². The number of hydrogen-bond acceptors (Lipinski definition) is 3. The third-order valence-corrected chi connectivity index (χ3v) is 3.66. The first-order chi connectivity index (χ1) is 9.28. The molecule has 1 aromatic carbocycles. The highest BCUT2D eigenvalue weighted by atomic mass is 16.5. The minimum absolute atomic E-state index is 0.475. The van der Waals surface area contributed by atoms with Crippen molar-refractivity contribution in [2.24, 2.45) is 0 Å². The Kier molecular flexibility index (Phi) is 5.08. The first-order valence-corrected chi connectivity index (χ1v) is 7.31. The number of methoxy groups -OCH3 is 1. The summed E-state index contributed by atoms with van der Waals surface area (Å²) in [4.78, 5) is 2.54. The van der Waals surface area contributed by atoms with Gasteiger partial charge in [-0.3, -0.25) is 0 Å². The molecule has 2 rings (SSSR count). The SMILES string of the molecule is CCCN(CCC)CC1COc2ccc(OC)cc21. The van der Waals surface area contributed by atoms with Crippen LogP contribution in [0, 0.1) is 0 Å². The number of ether oxygens (including phenoxy) is 2. The van der Waals surface area contributed by atoms with Crippen LogP contribution in [0.4, 0.5) is 0 Å². The van der Waals surface area contributed by atoms with Crippen molar-refractivity contribution >= 4 is 0 Å². The van der Waals surface area contributed by atoms with Crippen LogP contribution < -0.4 is 9.47 Å². The van der Waals surface area contributed by atoms with E-state index in [9.17, 15) is 0 Å². The Bertz CT molecular complexity index is 400. The fourth-order valence-electron chi connectivity index (χ4n) is 2.77. The minimum atomic E-state index is 0.475. The van der Waals surface area contributed by atoms with Crippen molar-refractivity contribution in [1.82, 2.24) is 4.90 Å². The molecule has 1 heterocycles. The highest BCUT2D eigenvalue weighted by molar-refractivity contribution is 5.45. The monoisotopic (exact) mass is 263 g/mol. The second-order valence-corrected chi connectivity index (χ2v) is 5.21. The normalized spacial score (nSPS) is 17.4. The van der Waals surface area contributed by atoms with Crippen molar-refractivity contribution in [2.75, 3.05) is 33.4 Å². The predicted molar refractivity (Wildman–Crippen MR) is 78.3 cm³/mol. The van der Waals surface area contributed by atoms with Gasteiger partial charge in [0.1, 0.15) is 11.5 Å². The summed E-state index contributed by atoms with van der Waals surface area (Å²) < 4.78 is 11.1. The van der Waals surface area contributed by atoms with E-state index in [1.165, 1.54) is 31.5 Å². The van der Waals surface area contributed by atoms with Crippen LogP contribution in [0.1, 0.15) is 38.2 Å². The largest absolute Gasteiger partial charge is 0.497 e. The van der Waals surface area contributed by atoms with E-state index < -0.39 is 0 Å². The number of hydrogen-bond donors (Lipinski definition) is 0. The van der Waals surface area contributed by atoms with Crippen LogP contribution in [0.2, 0.25) is 0 Å². The second-order valence-electron chi connectivity index (χ2n) is 5.21. The molecule has 0 aliphatic carbocycles. The lowest BCUT2D eigenvalue weighted by Crippen LogP contribution is -2.30. The maximum atomic E-state index is 5.79. The summed E-state index contributed by atoms with van der Waals surface area (Å²) >= 11 is 0. The Morgan fingerprint density at radius 2 is 2.00 bits per heavy atom. The molecular weight excluding hydrogens is 238 g/mol. The van der Waals surface area contributed by atoms with E-state index in [-0.39, 0.29) is 0 Å². The van der Waals surface area contributed by atoms with Crippen molar-refractivity contribution in [1.29, 1.82) is 0 Å². The number of fused-ring (bicyclic) bond motifs is 1.